The van der Waals surface area contributed by atoms with E-state index in [-0.39, 0.29) is 59.4 Å². The van der Waals surface area contributed by atoms with Crippen molar-refractivity contribution in [2.24, 2.45) is 5.92 Å². The van der Waals surface area contributed by atoms with Gasteiger partial charge in [-0.25, -0.2) is 8.78 Å². The first kappa shape index (κ1) is 33.0. The molecule has 6 fully saturated rings. The number of nitrogens with one attached hydrogen (secondary N) is 1. The number of halogens is 3. The van der Waals surface area contributed by atoms with Crippen LogP contribution in [-0.2, 0) is 4.79 Å². The topological polar surface area (TPSA) is 134 Å². The molecule has 2 aromatic heterocycles. The number of nitriles is 1. The summed E-state index contributed by atoms with van der Waals surface area (Å²) in [5, 5.41) is 14.0. The highest BCUT2D eigenvalue weighted by molar-refractivity contribution is 7.23. The van der Waals surface area contributed by atoms with Gasteiger partial charge in [-0.05, 0) is 88.1 Å². The molecule has 1 spiro atoms. The molecule has 4 aromatic rings. The summed E-state index contributed by atoms with van der Waals surface area (Å²) >= 11 is 7.78. The van der Waals surface area contributed by atoms with E-state index in [4.69, 9.17) is 27.1 Å². The van der Waals surface area contributed by atoms with Gasteiger partial charge in [0.2, 0.25) is 6.41 Å². The van der Waals surface area contributed by atoms with E-state index in [9.17, 15) is 14.4 Å². The Morgan fingerprint density at radius 3 is 2.55 bits per heavy atom. The van der Waals surface area contributed by atoms with E-state index in [1.165, 1.54) is 31.5 Å². The summed E-state index contributed by atoms with van der Waals surface area (Å²) in [4.78, 5) is 27.5. The van der Waals surface area contributed by atoms with Crippen LogP contribution in [-0.4, -0.2) is 89.2 Å². The molecule has 1 amide bonds. The van der Waals surface area contributed by atoms with Crippen molar-refractivity contribution >= 4 is 61.2 Å². The molecule has 2 unspecified atom stereocenters. The van der Waals surface area contributed by atoms with Crippen LogP contribution in [0.1, 0.15) is 56.9 Å². The number of nitrogens with two attached hydrogens (primary N) is 1. The van der Waals surface area contributed by atoms with Crippen molar-refractivity contribution in [2.75, 3.05) is 56.5 Å². The Hall–Kier alpha value is -3.83. The van der Waals surface area contributed by atoms with Gasteiger partial charge in [0.1, 0.15) is 34.8 Å². The fourth-order valence-corrected chi connectivity index (χ4v) is 10.2. The van der Waals surface area contributed by atoms with Crippen LogP contribution >= 0.6 is 22.9 Å². The summed E-state index contributed by atoms with van der Waals surface area (Å²) in [5.74, 6) is 0.317. The summed E-state index contributed by atoms with van der Waals surface area (Å²) in [6, 6.07) is 7.35. The third-order valence-electron chi connectivity index (χ3n) is 12.1. The number of aromatic nitrogens is 2. The number of amides is 1. The highest BCUT2D eigenvalue weighted by atomic mass is 35.5. The number of thiophene rings is 1. The molecule has 6 aliphatic rings. The number of fused-ring (bicyclic) bond motifs is 3. The Kier molecular flexibility index (Phi) is 8.03. The molecule has 51 heavy (non-hydrogen) atoms. The molecule has 266 valence electrons. The summed E-state index contributed by atoms with van der Waals surface area (Å²) < 4.78 is 38.3. The van der Waals surface area contributed by atoms with E-state index in [1.807, 2.05) is 11.0 Å². The van der Waals surface area contributed by atoms with Gasteiger partial charge in [-0.3, -0.25) is 9.69 Å². The molecule has 14 heteroatoms. The highest BCUT2D eigenvalue weighted by Crippen LogP contribution is 2.47. The van der Waals surface area contributed by atoms with E-state index in [0.29, 0.717) is 37.4 Å². The number of anilines is 2. The molecule has 2 atom stereocenters. The van der Waals surface area contributed by atoms with Crippen molar-refractivity contribution in [1.29, 1.82) is 5.26 Å². The molecule has 3 N–H and O–H groups in total. The lowest BCUT2D eigenvalue weighted by atomic mass is 9.84. The van der Waals surface area contributed by atoms with Crippen molar-refractivity contribution in [3.63, 3.8) is 0 Å². The van der Waals surface area contributed by atoms with Crippen molar-refractivity contribution in [2.45, 2.75) is 68.5 Å². The van der Waals surface area contributed by atoms with Crippen molar-refractivity contribution < 1.29 is 18.3 Å². The quantitative estimate of drug-likeness (QED) is 0.171. The smallest absolute Gasteiger partial charge is 0.319 e. The molecule has 5 aliphatic heterocycles. The maximum absolute atomic E-state index is 16.9. The second-order valence-electron chi connectivity index (χ2n) is 15.0. The molecular formula is C37H39ClF2N8O2S. The first-order valence-electron chi connectivity index (χ1n) is 17.9. The Balaban J connectivity index is 0.000000521. The standard InChI is InChI=1S/C32H30ClF2N7O2S.C5H9N/c33-21-13-19-26(25(35)24(21)18-3-4-22(34)27-23(18)20(14-36)28(37)45-27)38-30(44-16-32-5-1-9-41(32)10-2-6-32)39-29(19)40-11-7-31(15-40)8-12-42(31)17-43;1-2-4(1)5-3-6-5/h3-4,13,17H,1-2,5-12,15-16,37H2;4-6H,1-3H2. The van der Waals surface area contributed by atoms with Crippen LogP contribution in [0.3, 0.4) is 0 Å². The zero-order valence-electron chi connectivity index (χ0n) is 28.2. The van der Waals surface area contributed by atoms with Crippen LogP contribution in [0.25, 0.3) is 32.1 Å². The van der Waals surface area contributed by atoms with Crippen molar-refractivity contribution in [3.05, 3.63) is 40.4 Å². The van der Waals surface area contributed by atoms with Crippen LogP contribution in [0.5, 0.6) is 6.01 Å². The number of likely N-dealkylation sites (tertiary alicyclic amines) is 1. The normalized spacial score (nSPS) is 24.8. The SMILES string of the molecule is C1CC1C1CN1.N#Cc1c(N)sc2c(F)ccc(-c3c(Cl)cc4c(N5CCC6(CCN6C=O)C5)nc(OCC56CCCN5CCC6)nc4c3F)c12. The van der Waals surface area contributed by atoms with E-state index in [2.05, 4.69) is 20.1 Å². The second kappa shape index (κ2) is 12.4. The lowest BCUT2D eigenvalue weighted by Gasteiger charge is -2.48. The fraction of sp³-hybridized carbons (Fsp3) is 0.514. The van der Waals surface area contributed by atoms with Gasteiger partial charge >= 0.3 is 6.01 Å². The van der Waals surface area contributed by atoms with E-state index in [1.54, 1.807) is 6.07 Å². The second-order valence-corrected chi connectivity index (χ2v) is 16.5. The number of hydrogen-bond acceptors (Lipinski definition) is 10. The Labute approximate surface area is 303 Å². The number of nitrogens with zero attached hydrogens (tertiary/aromatic N) is 6. The summed E-state index contributed by atoms with van der Waals surface area (Å²) in [5.41, 5.74) is 6.07. The number of carbonyl (C=O) groups is 1. The monoisotopic (exact) mass is 732 g/mol. The molecular weight excluding hydrogens is 694 g/mol. The van der Waals surface area contributed by atoms with Gasteiger partial charge in [-0.2, -0.15) is 15.2 Å². The van der Waals surface area contributed by atoms with Gasteiger partial charge in [0.05, 0.1) is 26.4 Å². The third kappa shape index (κ3) is 5.48. The molecule has 1 aliphatic carbocycles. The lowest BCUT2D eigenvalue weighted by molar-refractivity contribution is -0.131. The number of rotatable bonds is 7. The zero-order chi connectivity index (χ0) is 35.1. The first-order chi connectivity index (χ1) is 24.7. The minimum atomic E-state index is -0.721. The molecule has 7 heterocycles. The number of hydrogen-bond donors (Lipinski definition) is 2. The molecule has 10 rings (SSSR count). The van der Waals surface area contributed by atoms with Crippen LogP contribution in [0, 0.1) is 28.9 Å². The van der Waals surface area contributed by atoms with Crippen molar-refractivity contribution in [1.82, 2.24) is 25.1 Å². The van der Waals surface area contributed by atoms with Gasteiger partial charge in [0.15, 0.2) is 5.82 Å². The summed E-state index contributed by atoms with van der Waals surface area (Å²) in [6.45, 7) is 5.67. The Morgan fingerprint density at radius 2 is 1.90 bits per heavy atom. The molecule has 5 saturated heterocycles. The van der Waals surface area contributed by atoms with Gasteiger partial charge in [0.25, 0.3) is 0 Å². The van der Waals surface area contributed by atoms with Gasteiger partial charge in [0, 0.05) is 48.6 Å². The number of ether oxygens (including phenoxy) is 1. The van der Waals surface area contributed by atoms with Gasteiger partial charge in [-0.15, -0.1) is 11.3 Å². The van der Waals surface area contributed by atoms with Crippen LogP contribution in [0.4, 0.5) is 19.6 Å². The number of nitrogen functional groups attached to an aromatic ring is 1. The molecule has 1 saturated carbocycles. The number of carbonyl (C=O) groups excluding carboxylic acids is 1. The van der Waals surface area contributed by atoms with Gasteiger partial charge in [-0.1, -0.05) is 17.7 Å². The Morgan fingerprint density at radius 1 is 1.14 bits per heavy atom. The highest BCUT2D eigenvalue weighted by Gasteiger charge is 2.50. The van der Waals surface area contributed by atoms with Gasteiger partial charge < -0.3 is 25.6 Å². The minimum Gasteiger partial charge on any atom is -0.461 e. The maximum Gasteiger partial charge on any atom is 0.319 e. The first-order valence-corrected chi connectivity index (χ1v) is 19.1. The third-order valence-corrected chi connectivity index (χ3v) is 13.5. The van der Waals surface area contributed by atoms with E-state index < -0.39 is 11.6 Å². The molecule has 0 radical (unpaired) electrons. The van der Waals surface area contributed by atoms with Crippen LogP contribution in [0.15, 0.2) is 18.2 Å². The van der Waals surface area contributed by atoms with Crippen molar-refractivity contribution in [3.8, 4) is 23.2 Å². The molecule has 10 nitrogen and oxygen atoms in total. The fourth-order valence-electron chi connectivity index (χ4n) is 8.98. The average Bonchev–Trinajstić information content (AvgIpc) is 3.97. The predicted octanol–water partition coefficient (Wildman–Crippen LogP) is 6.08. The van der Waals surface area contributed by atoms with E-state index in [0.717, 1.165) is 81.3 Å². The predicted molar refractivity (Wildman–Crippen MR) is 194 cm³/mol. The molecule has 2 aromatic carbocycles. The lowest BCUT2D eigenvalue weighted by Crippen LogP contribution is -2.60. The zero-order valence-corrected chi connectivity index (χ0v) is 29.8. The largest absolute Gasteiger partial charge is 0.461 e. The van der Waals surface area contributed by atoms with Crippen LogP contribution in [0.2, 0.25) is 5.02 Å². The average molecular weight is 733 g/mol. The molecule has 0 bridgehead atoms. The Bertz CT molecular complexity index is 2100. The minimum absolute atomic E-state index is 0.000522. The maximum atomic E-state index is 16.9. The summed E-state index contributed by atoms with van der Waals surface area (Å²) in [7, 11) is 0. The van der Waals surface area contributed by atoms with E-state index >= 15 is 4.39 Å². The number of benzene rings is 2. The van der Waals surface area contributed by atoms with Crippen LogP contribution < -0.4 is 20.7 Å². The summed E-state index contributed by atoms with van der Waals surface area (Å²) in [6.07, 6.45) is 9.82.